The lowest BCUT2D eigenvalue weighted by Crippen LogP contribution is -2.14. The molecule has 1 saturated heterocycles. The standard InChI is InChI=1S/C12H15N5O3S/c1-7-5-9(17-20-7)13-10(18)6-21-12-14-11(15-16-12)8-3-2-4-19-8/h5,8H,2-4,6H2,1H3,(H,13,17,18)(H,14,15,16)/t8-/m1/s1. The van der Waals surface area contributed by atoms with Crippen molar-refractivity contribution in [2.75, 3.05) is 17.7 Å². The molecule has 0 unspecified atom stereocenters. The lowest BCUT2D eigenvalue weighted by atomic mass is 10.2. The van der Waals surface area contributed by atoms with Crippen LogP contribution in [0.2, 0.25) is 0 Å². The summed E-state index contributed by atoms with van der Waals surface area (Å²) in [5, 5.41) is 13.8. The van der Waals surface area contributed by atoms with E-state index >= 15 is 0 Å². The van der Waals surface area contributed by atoms with Crippen LogP contribution >= 0.6 is 11.8 Å². The summed E-state index contributed by atoms with van der Waals surface area (Å²) in [6.07, 6.45) is 1.98. The zero-order valence-electron chi connectivity index (χ0n) is 11.5. The van der Waals surface area contributed by atoms with Gasteiger partial charge in [-0.3, -0.25) is 9.89 Å². The second kappa shape index (κ2) is 6.27. The Morgan fingerprint density at radius 2 is 2.52 bits per heavy atom. The van der Waals surface area contributed by atoms with Crippen molar-refractivity contribution in [2.24, 2.45) is 0 Å². The number of hydrogen-bond donors (Lipinski definition) is 2. The first-order valence-corrected chi connectivity index (χ1v) is 7.59. The molecule has 2 aromatic heterocycles. The van der Waals surface area contributed by atoms with Crippen LogP contribution in [0.5, 0.6) is 0 Å². The van der Waals surface area contributed by atoms with Gasteiger partial charge in [-0.1, -0.05) is 16.9 Å². The summed E-state index contributed by atoms with van der Waals surface area (Å²) in [5.74, 6) is 1.80. The van der Waals surface area contributed by atoms with Gasteiger partial charge in [-0.05, 0) is 19.8 Å². The fraction of sp³-hybridized carbons (Fsp3) is 0.500. The number of rotatable bonds is 5. The van der Waals surface area contributed by atoms with E-state index in [1.165, 1.54) is 11.8 Å². The van der Waals surface area contributed by atoms with Crippen molar-refractivity contribution in [3.8, 4) is 0 Å². The zero-order valence-corrected chi connectivity index (χ0v) is 12.3. The number of H-pyrrole nitrogens is 1. The fourth-order valence-corrected chi connectivity index (χ4v) is 2.60. The van der Waals surface area contributed by atoms with Crippen molar-refractivity contribution in [2.45, 2.75) is 31.0 Å². The molecule has 0 bridgehead atoms. The smallest absolute Gasteiger partial charge is 0.236 e. The van der Waals surface area contributed by atoms with Gasteiger partial charge in [0.05, 0.1) is 5.75 Å². The molecule has 0 spiro atoms. The molecule has 8 nitrogen and oxygen atoms in total. The molecule has 2 aromatic rings. The average molecular weight is 309 g/mol. The van der Waals surface area contributed by atoms with E-state index in [-0.39, 0.29) is 17.8 Å². The number of carbonyl (C=O) groups is 1. The molecule has 0 aliphatic carbocycles. The first kappa shape index (κ1) is 14.1. The van der Waals surface area contributed by atoms with Crippen LogP contribution in [0.4, 0.5) is 5.82 Å². The average Bonchev–Trinajstić information content (AvgIpc) is 3.17. The van der Waals surface area contributed by atoms with E-state index in [2.05, 4.69) is 25.7 Å². The van der Waals surface area contributed by atoms with Gasteiger partial charge in [0, 0.05) is 12.7 Å². The summed E-state index contributed by atoms with van der Waals surface area (Å²) in [4.78, 5) is 16.1. The van der Waals surface area contributed by atoms with Crippen molar-refractivity contribution >= 4 is 23.5 Å². The van der Waals surface area contributed by atoms with Gasteiger partial charge in [0.1, 0.15) is 11.9 Å². The van der Waals surface area contributed by atoms with Crippen molar-refractivity contribution in [1.29, 1.82) is 0 Å². The number of anilines is 1. The highest BCUT2D eigenvalue weighted by atomic mass is 32.2. The summed E-state index contributed by atoms with van der Waals surface area (Å²) in [5.41, 5.74) is 0. The van der Waals surface area contributed by atoms with Crippen LogP contribution in [0.1, 0.15) is 30.5 Å². The predicted molar refractivity (Wildman–Crippen MR) is 74.9 cm³/mol. The number of amides is 1. The van der Waals surface area contributed by atoms with E-state index in [0.29, 0.717) is 16.7 Å². The number of aryl methyl sites for hydroxylation is 1. The maximum Gasteiger partial charge on any atom is 0.236 e. The number of carbonyl (C=O) groups excluding carboxylic acids is 1. The maximum atomic E-state index is 11.8. The van der Waals surface area contributed by atoms with Crippen molar-refractivity contribution in [3.05, 3.63) is 17.7 Å². The third kappa shape index (κ3) is 3.61. The van der Waals surface area contributed by atoms with Crippen LogP contribution in [0.3, 0.4) is 0 Å². The van der Waals surface area contributed by atoms with Crippen molar-refractivity contribution in [3.63, 3.8) is 0 Å². The Balaban J connectivity index is 1.49. The number of thioether (sulfide) groups is 1. The second-order valence-electron chi connectivity index (χ2n) is 4.66. The topological polar surface area (TPSA) is 106 Å². The summed E-state index contributed by atoms with van der Waals surface area (Å²) in [7, 11) is 0. The van der Waals surface area contributed by atoms with Crippen LogP contribution in [0, 0.1) is 6.92 Å². The number of nitrogens with one attached hydrogen (secondary N) is 2. The van der Waals surface area contributed by atoms with Crippen LogP contribution in [-0.4, -0.2) is 38.6 Å². The normalized spacial score (nSPS) is 18.0. The highest BCUT2D eigenvalue weighted by Gasteiger charge is 2.21. The molecule has 1 amide bonds. The van der Waals surface area contributed by atoms with Gasteiger partial charge in [0.25, 0.3) is 0 Å². The second-order valence-corrected chi connectivity index (χ2v) is 5.61. The molecule has 2 N–H and O–H groups in total. The first-order chi connectivity index (χ1) is 10.2. The number of aromatic amines is 1. The van der Waals surface area contributed by atoms with Crippen LogP contribution in [0.15, 0.2) is 15.7 Å². The zero-order chi connectivity index (χ0) is 14.7. The Hall–Kier alpha value is -1.87. The Labute approximate surface area is 125 Å². The first-order valence-electron chi connectivity index (χ1n) is 6.60. The van der Waals surface area contributed by atoms with Gasteiger partial charge in [0.2, 0.25) is 11.1 Å². The molecule has 0 aromatic carbocycles. The van der Waals surface area contributed by atoms with Gasteiger partial charge >= 0.3 is 0 Å². The molecule has 3 rings (SSSR count). The van der Waals surface area contributed by atoms with E-state index in [1.807, 2.05) is 0 Å². The van der Waals surface area contributed by atoms with E-state index < -0.39 is 0 Å². The van der Waals surface area contributed by atoms with Gasteiger partial charge < -0.3 is 14.6 Å². The molecular formula is C12H15N5O3S. The minimum atomic E-state index is -0.184. The van der Waals surface area contributed by atoms with E-state index in [4.69, 9.17) is 9.26 Å². The predicted octanol–water partition coefficient (Wildman–Crippen LogP) is 1.68. The number of aromatic nitrogens is 4. The van der Waals surface area contributed by atoms with Gasteiger partial charge in [-0.2, -0.15) is 0 Å². The maximum absolute atomic E-state index is 11.8. The molecule has 0 radical (unpaired) electrons. The number of ether oxygens (including phenoxy) is 1. The van der Waals surface area contributed by atoms with Crippen LogP contribution < -0.4 is 5.32 Å². The SMILES string of the molecule is Cc1cc(NC(=O)CSc2n[nH]c([C@H]3CCCO3)n2)no1. The van der Waals surface area contributed by atoms with E-state index in [1.54, 1.807) is 13.0 Å². The highest BCUT2D eigenvalue weighted by molar-refractivity contribution is 7.99. The van der Waals surface area contributed by atoms with Crippen molar-refractivity contribution in [1.82, 2.24) is 20.3 Å². The quantitative estimate of drug-likeness (QED) is 0.809. The van der Waals surface area contributed by atoms with Crippen LogP contribution in [0.25, 0.3) is 0 Å². The van der Waals surface area contributed by atoms with Gasteiger partial charge in [-0.25, -0.2) is 4.98 Å². The Morgan fingerprint density at radius 3 is 3.24 bits per heavy atom. The van der Waals surface area contributed by atoms with Gasteiger partial charge in [-0.15, -0.1) is 5.10 Å². The summed E-state index contributed by atoms with van der Waals surface area (Å²) in [6, 6.07) is 1.66. The number of hydrogen-bond acceptors (Lipinski definition) is 7. The molecule has 0 saturated carbocycles. The molecule has 1 atom stereocenters. The van der Waals surface area contributed by atoms with Crippen molar-refractivity contribution < 1.29 is 14.1 Å². The Bertz CT molecular complexity index is 620. The molecule has 1 aliphatic rings. The Kier molecular flexibility index (Phi) is 4.20. The molecule has 1 fully saturated rings. The lowest BCUT2D eigenvalue weighted by molar-refractivity contribution is -0.113. The minimum Gasteiger partial charge on any atom is -0.370 e. The summed E-state index contributed by atoms with van der Waals surface area (Å²) in [6.45, 7) is 2.52. The van der Waals surface area contributed by atoms with Crippen LogP contribution in [-0.2, 0) is 9.53 Å². The lowest BCUT2D eigenvalue weighted by Gasteiger charge is -2.02. The largest absolute Gasteiger partial charge is 0.370 e. The monoisotopic (exact) mass is 309 g/mol. The van der Waals surface area contributed by atoms with E-state index in [0.717, 1.165) is 25.3 Å². The molecule has 21 heavy (non-hydrogen) atoms. The fourth-order valence-electron chi connectivity index (χ4n) is 1.99. The summed E-state index contributed by atoms with van der Waals surface area (Å²) < 4.78 is 10.4. The van der Waals surface area contributed by atoms with Gasteiger partial charge in [0.15, 0.2) is 11.6 Å². The molecular weight excluding hydrogens is 294 g/mol. The molecule has 112 valence electrons. The summed E-state index contributed by atoms with van der Waals surface area (Å²) >= 11 is 1.25. The molecule has 1 aliphatic heterocycles. The molecule has 3 heterocycles. The third-order valence-corrected chi connectivity index (χ3v) is 3.79. The Morgan fingerprint density at radius 1 is 1.62 bits per heavy atom. The minimum absolute atomic E-state index is 0.00113. The van der Waals surface area contributed by atoms with E-state index in [9.17, 15) is 4.79 Å². The highest BCUT2D eigenvalue weighted by Crippen LogP contribution is 2.26. The number of nitrogens with zero attached hydrogens (tertiary/aromatic N) is 3. The third-order valence-electron chi connectivity index (χ3n) is 2.94. The molecule has 9 heteroatoms.